The molecule has 2 amide bonds. The number of amides is 2. The van der Waals surface area contributed by atoms with Crippen molar-refractivity contribution < 1.29 is 23.8 Å². The van der Waals surface area contributed by atoms with Crippen LogP contribution in [-0.4, -0.2) is 48.8 Å². The molecule has 1 heterocycles. The first-order valence-electron chi connectivity index (χ1n) is 11.9. The fourth-order valence-corrected chi connectivity index (χ4v) is 3.93. The van der Waals surface area contributed by atoms with Crippen molar-refractivity contribution in [2.24, 2.45) is 0 Å². The average Bonchev–Trinajstić information content (AvgIpc) is 2.81. The van der Waals surface area contributed by atoms with Gasteiger partial charge < -0.3 is 25.8 Å². The van der Waals surface area contributed by atoms with E-state index in [1.54, 1.807) is 6.07 Å². The van der Waals surface area contributed by atoms with E-state index in [1.165, 1.54) is 17.7 Å². The van der Waals surface area contributed by atoms with Gasteiger partial charge in [-0.1, -0.05) is 31.2 Å². The number of aryl methyl sites for hydroxylation is 1. The minimum absolute atomic E-state index is 0.176. The normalized spacial score (nSPS) is 18.6. The molecule has 0 spiro atoms. The molecule has 2 unspecified atom stereocenters. The summed E-state index contributed by atoms with van der Waals surface area (Å²) in [7, 11) is 0. The quantitative estimate of drug-likeness (QED) is 0.518. The number of halogens is 1. The molecule has 1 aliphatic heterocycles. The zero-order chi connectivity index (χ0) is 24.3. The van der Waals surface area contributed by atoms with Gasteiger partial charge in [-0.2, -0.15) is 0 Å². The van der Waals surface area contributed by atoms with E-state index in [1.807, 2.05) is 12.1 Å². The fraction of sp³-hybridized carbons (Fsp3) is 0.462. The Labute approximate surface area is 200 Å². The summed E-state index contributed by atoms with van der Waals surface area (Å²) < 4.78 is 19.9. The van der Waals surface area contributed by atoms with Crippen LogP contribution >= 0.6 is 0 Å². The number of aliphatic hydroxyl groups excluding tert-OH is 1. The zero-order valence-corrected chi connectivity index (χ0v) is 19.6. The van der Waals surface area contributed by atoms with Crippen molar-refractivity contribution in [2.45, 2.75) is 57.7 Å². The maximum atomic E-state index is 14.2. The number of aliphatic hydroxyl groups is 1. The van der Waals surface area contributed by atoms with E-state index in [0.29, 0.717) is 37.3 Å². The van der Waals surface area contributed by atoms with Gasteiger partial charge in [-0.05, 0) is 54.5 Å². The molecule has 2 bridgehead atoms. The maximum Gasteiger partial charge on any atom is 0.239 e. The molecule has 184 valence electrons. The van der Waals surface area contributed by atoms with E-state index in [9.17, 15) is 19.1 Å². The number of hydrogen-bond acceptors (Lipinski definition) is 5. The highest BCUT2D eigenvalue weighted by atomic mass is 19.1. The summed E-state index contributed by atoms with van der Waals surface area (Å²) in [4.78, 5) is 24.4. The molecule has 1 aliphatic rings. The number of nitrogens with one attached hydrogen (secondary N) is 3. The van der Waals surface area contributed by atoms with Gasteiger partial charge in [0.2, 0.25) is 11.8 Å². The second-order valence-electron chi connectivity index (χ2n) is 8.63. The second kappa shape index (κ2) is 13.1. The van der Waals surface area contributed by atoms with Crippen molar-refractivity contribution in [2.75, 3.05) is 19.7 Å². The largest absolute Gasteiger partial charge is 0.493 e. The Bertz CT molecular complexity index is 969. The molecular weight excluding hydrogens is 437 g/mol. The van der Waals surface area contributed by atoms with Gasteiger partial charge in [0.05, 0.1) is 25.3 Å². The van der Waals surface area contributed by atoms with Crippen molar-refractivity contribution in [3.05, 3.63) is 65.0 Å². The van der Waals surface area contributed by atoms with Gasteiger partial charge >= 0.3 is 0 Å². The standard InChI is InChI=1S/C26H34FN3O4/c1-2-18-6-5-7-19(10-18)15-28-16-24(31)23-13-20-11-21(27)14-22(12-20)34-9-4-3-8-25(32)29-17-26(33)30-23/h5-7,10-12,14,23-24,28,31H,2-4,8-9,13,15-17H2,1H3,(H,29,32)(H,30,33). The van der Waals surface area contributed by atoms with Crippen molar-refractivity contribution in [3.8, 4) is 5.75 Å². The molecule has 4 N–H and O–H groups in total. The Hall–Kier alpha value is -2.97. The Balaban J connectivity index is 1.69. The Kier molecular flexibility index (Phi) is 9.85. The Morgan fingerprint density at radius 1 is 1.15 bits per heavy atom. The average molecular weight is 472 g/mol. The molecule has 0 radical (unpaired) electrons. The number of fused-ring (bicyclic) bond motifs is 2. The van der Waals surface area contributed by atoms with Crippen molar-refractivity contribution in [1.82, 2.24) is 16.0 Å². The predicted molar refractivity (Wildman–Crippen MR) is 128 cm³/mol. The Morgan fingerprint density at radius 2 is 1.97 bits per heavy atom. The van der Waals surface area contributed by atoms with Crippen LogP contribution in [0.2, 0.25) is 0 Å². The minimum atomic E-state index is -0.933. The first kappa shape index (κ1) is 25.6. The molecule has 2 aromatic carbocycles. The topological polar surface area (TPSA) is 99.7 Å². The lowest BCUT2D eigenvalue weighted by molar-refractivity contribution is -0.126. The molecule has 2 aromatic rings. The fourth-order valence-electron chi connectivity index (χ4n) is 3.93. The van der Waals surface area contributed by atoms with Crippen LogP contribution in [-0.2, 0) is 29.0 Å². The number of hydrogen-bond donors (Lipinski definition) is 4. The lowest BCUT2D eigenvalue weighted by atomic mass is 10.00. The van der Waals surface area contributed by atoms with Crippen LogP contribution in [0, 0.1) is 5.82 Å². The van der Waals surface area contributed by atoms with Gasteiger partial charge in [0, 0.05) is 25.6 Å². The smallest absolute Gasteiger partial charge is 0.239 e. The summed E-state index contributed by atoms with van der Waals surface area (Å²) >= 11 is 0. The summed E-state index contributed by atoms with van der Waals surface area (Å²) in [5.41, 5.74) is 2.95. The Morgan fingerprint density at radius 3 is 2.79 bits per heavy atom. The van der Waals surface area contributed by atoms with E-state index < -0.39 is 23.9 Å². The van der Waals surface area contributed by atoms with Gasteiger partial charge in [-0.15, -0.1) is 0 Å². The molecule has 8 heteroatoms. The molecule has 0 saturated carbocycles. The van der Waals surface area contributed by atoms with Gasteiger partial charge in [-0.25, -0.2) is 4.39 Å². The summed E-state index contributed by atoms with van der Waals surface area (Å²) in [6.45, 7) is 3.08. The third-order valence-electron chi connectivity index (χ3n) is 5.79. The molecule has 7 nitrogen and oxygen atoms in total. The molecule has 0 saturated heterocycles. The van der Waals surface area contributed by atoms with E-state index in [4.69, 9.17) is 4.74 Å². The SMILES string of the molecule is CCc1cccc(CNCC(O)C2Cc3cc(F)cc(c3)OCCCCC(=O)NCC(=O)N2)c1. The van der Waals surface area contributed by atoms with Crippen LogP contribution in [0.3, 0.4) is 0 Å². The molecule has 0 fully saturated rings. The molecule has 0 aliphatic carbocycles. The summed E-state index contributed by atoms with van der Waals surface area (Å²) in [6, 6.07) is 11.9. The first-order chi connectivity index (χ1) is 16.4. The van der Waals surface area contributed by atoms with Crippen LogP contribution in [0.4, 0.5) is 4.39 Å². The molecule has 34 heavy (non-hydrogen) atoms. The van der Waals surface area contributed by atoms with Gasteiger partial charge in [0.1, 0.15) is 11.6 Å². The van der Waals surface area contributed by atoms with Crippen molar-refractivity contribution in [1.29, 1.82) is 0 Å². The number of rotatable bonds is 6. The van der Waals surface area contributed by atoms with E-state index >= 15 is 0 Å². The maximum absolute atomic E-state index is 14.2. The molecule has 3 rings (SSSR count). The van der Waals surface area contributed by atoms with E-state index in [-0.39, 0.29) is 31.8 Å². The summed E-state index contributed by atoms with van der Waals surface area (Å²) in [5, 5.41) is 19.5. The third-order valence-corrected chi connectivity index (χ3v) is 5.79. The van der Waals surface area contributed by atoms with E-state index in [0.717, 1.165) is 12.0 Å². The monoisotopic (exact) mass is 471 g/mol. The van der Waals surface area contributed by atoms with E-state index in [2.05, 4.69) is 35.0 Å². The highest BCUT2D eigenvalue weighted by Crippen LogP contribution is 2.19. The lowest BCUT2D eigenvalue weighted by Crippen LogP contribution is -2.51. The van der Waals surface area contributed by atoms with Gasteiger partial charge in [0.15, 0.2) is 0 Å². The molecule has 2 atom stereocenters. The molecule has 0 aromatic heterocycles. The minimum Gasteiger partial charge on any atom is -0.493 e. The highest BCUT2D eigenvalue weighted by Gasteiger charge is 2.23. The van der Waals surface area contributed by atoms with Crippen LogP contribution in [0.25, 0.3) is 0 Å². The highest BCUT2D eigenvalue weighted by molar-refractivity contribution is 5.84. The predicted octanol–water partition coefficient (Wildman–Crippen LogP) is 2.25. The summed E-state index contributed by atoms with van der Waals surface area (Å²) in [5.74, 6) is -0.675. The van der Waals surface area contributed by atoms with Crippen LogP contribution in [0.15, 0.2) is 42.5 Å². The first-order valence-corrected chi connectivity index (χ1v) is 11.9. The van der Waals surface area contributed by atoms with Crippen molar-refractivity contribution >= 4 is 11.8 Å². The molecular formula is C26H34FN3O4. The number of benzene rings is 2. The second-order valence-corrected chi connectivity index (χ2v) is 8.63. The van der Waals surface area contributed by atoms with Gasteiger partial charge in [-0.3, -0.25) is 9.59 Å². The lowest BCUT2D eigenvalue weighted by Gasteiger charge is -2.25. The number of ether oxygens (including phenoxy) is 1. The third kappa shape index (κ3) is 8.43. The van der Waals surface area contributed by atoms with Crippen LogP contribution in [0.1, 0.15) is 42.9 Å². The van der Waals surface area contributed by atoms with Gasteiger partial charge in [0.25, 0.3) is 0 Å². The zero-order valence-electron chi connectivity index (χ0n) is 19.6. The number of carbonyl (C=O) groups excluding carboxylic acids is 2. The van der Waals surface area contributed by atoms with Crippen LogP contribution in [0.5, 0.6) is 5.75 Å². The van der Waals surface area contributed by atoms with Crippen LogP contribution < -0.4 is 20.7 Å². The summed E-state index contributed by atoms with van der Waals surface area (Å²) in [6.07, 6.45) is 1.74. The number of carbonyl (C=O) groups is 2. The van der Waals surface area contributed by atoms with Crippen molar-refractivity contribution in [3.63, 3.8) is 0 Å².